The summed E-state index contributed by atoms with van der Waals surface area (Å²) in [6.07, 6.45) is 11.5. The number of aliphatic hydroxyl groups excluding tert-OH is 1. The van der Waals surface area contributed by atoms with Crippen LogP contribution in [0.3, 0.4) is 0 Å². The Balaban J connectivity index is 1.42. The summed E-state index contributed by atoms with van der Waals surface area (Å²) in [4.78, 5) is 12.2. The normalized spacial score (nSPS) is 25.0. The highest BCUT2D eigenvalue weighted by Crippen LogP contribution is 2.27. The van der Waals surface area contributed by atoms with E-state index < -0.39 is 6.10 Å². The van der Waals surface area contributed by atoms with Gasteiger partial charge < -0.3 is 10.4 Å². The smallest absolute Gasteiger partial charge is 0.156 e. The van der Waals surface area contributed by atoms with Crippen molar-refractivity contribution in [3.05, 3.63) is 35.4 Å². The molecule has 3 heteroatoms. The number of nitrogens with one attached hydrogen (secondary N) is 1. The molecule has 1 heterocycles. The molecule has 132 valence electrons. The third-order valence-electron chi connectivity index (χ3n) is 5.74. The predicted molar refractivity (Wildman–Crippen MR) is 97.1 cm³/mol. The number of rotatable bonds is 7. The summed E-state index contributed by atoms with van der Waals surface area (Å²) in [5.74, 6) is 1.06. The first kappa shape index (κ1) is 17.6. The minimum absolute atomic E-state index is 0.102. The average Bonchev–Trinajstić information content (AvgIpc) is 3.04. The van der Waals surface area contributed by atoms with Crippen LogP contribution in [0.1, 0.15) is 62.5 Å². The van der Waals surface area contributed by atoms with E-state index in [1.54, 1.807) is 0 Å². The van der Waals surface area contributed by atoms with Crippen molar-refractivity contribution in [3.8, 4) is 0 Å². The van der Waals surface area contributed by atoms with Gasteiger partial charge in [0.05, 0.1) is 12.1 Å². The number of hydrogen-bond donors (Lipinski definition) is 2. The number of hydrogen-bond acceptors (Lipinski definition) is 3. The highest BCUT2D eigenvalue weighted by Gasteiger charge is 2.30. The molecule has 24 heavy (non-hydrogen) atoms. The van der Waals surface area contributed by atoms with E-state index in [9.17, 15) is 9.90 Å². The standard InChI is InChI=1S/C21H31NO2/c23-19-13-14-22-21(19)20(24)15-18-11-9-17(10-12-18)8-4-7-16-5-2-1-3-6-16/h9-12,16,19,21-23H,1-8,13-15H2/t19-,21-/m0/s1. The molecule has 3 rings (SSSR count). The second-order valence-electron chi connectivity index (χ2n) is 7.64. The number of benzene rings is 1. The molecule has 1 saturated heterocycles. The number of Topliss-reactive ketones (excluding diaryl/α,β-unsaturated/α-hetero) is 1. The van der Waals surface area contributed by atoms with Crippen molar-refractivity contribution in [3.63, 3.8) is 0 Å². The van der Waals surface area contributed by atoms with E-state index >= 15 is 0 Å². The van der Waals surface area contributed by atoms with Crippen molar-refractivity contribution >= 4 is 5.78 Å². The van der Waals surface area contributed by atoms with Crippen LogP contribution in [0, 0.1) is 5.92 Å². The van der Waals surface area contributed by atoms with Crippen LogP contribution in [0.5, 0.6) is 0 Å². The van der Waals surface area contributed by atoms with Gasteiger partial charge in [0, 0.05) is 6.42 Å². The summed E-state index contributed by atoms with van der Waals surface area (Å²) >= 11 is 0. The fourth-order valence-electron chi connectivity index (χ4n) is 4.22. The van der Waals surface area contributed by atoms with Crippen LogP contribution in [-0.4, -0.2) is 29.6 Å². The Morgan fingerprint density at radius 1 is 1.04 bits per heavy atom. The lowest BCUT2D eigenvalue weighted by Crippen LogP contribution is -2.39. The molecule has 2 atom stereocenters. The Morgan fingerprint density at radius 3 is 2.42 bits per heavy atom. The van der Waals surface area contributed by atoms with Gasteiger partial charge in [0.25, 0.3) is 0 Å². The van der Waals surface area contributed by atoms with E-state index in [-0.39, 0.29) is 11.8 Å². The molecule has 3 nitrogen and oxygen atoms in total. The van der Waals surface area contributed by atoms with Crippen molar-refractivity contribution < 1.29 is 9.90 Å². The van der Waals surface area contributed by atoms with Crippen LogP contribution < -0.4 is 5.32 Å². The SMILES string of the molecule is O=C(Cc1ccc(CCCC2CCCCC2)cc1)[C@H]1NCC[C@@H]1O. The quantitative estimate of drug-likeness (QED) is 0.806. The molecular formula is C21H31NO2. The van der Waals surface area contributed by atoms with Gasteiger partial charge in [-0.1, -0.05) is 62.8 Å². The van der Waals surface area contributed by atoms with E-state index in [0.29, 0.717) is 12.8 Å². The highest BCUT2D eigenvalue weighted by atomic mass is 16.3. The predicted octanol–water partition coefficient (Wildman–Crippen LogP) is 3.42. The lowest BCUT2D eigenvalue weighted by atomic mass is 9.85. The van der Waals surface area contributed by atoms with Gasteiger partial charge in [0.2, 0.25) is 0 Å². The molecule has 2 N–H and O–H groups in total. The number of carbonyl (C=O) groups is 1. The maximum atomic E-state index is 12.2. The summed E-state index contributed by atoms with van der Waals surface area (Å²) in [5.41, 5.74) is 2.43. The van der Waals surface area contributed by atoms with Crippen LogP contribution in [0.2, 0.25) is 0 Å². The number of aliphatic hydroxyl groups is 1. The first-order valence-corrected chi connectivity index (χ1v) is 9.74. The molecule has 1 saturated carbocycles. The summed E-state index contributed by atoms with van der Waals surface area (Å²) in [5, 5.41) is 12.9. The van der Waals surface area contributed by atoms with E-state index in [4.69, 9.17) is 0 Å². The molecule has 2 aliphatic rings. The molecule has 0 unspecified atom stereocenters. The maximum absolute atomic E-state index is 12.2. The fourth-order valence-corrected chi connectivity index (χ4v) is 4.22. The van der Waals surface area contributed by atoms with Gasteiger partial charge >= 0.3 is 0 Å². The summed E-state index contributed by atoms with van der Waals surface area (Å²) in [7, 11) is 0. The van der Waals surface area contributed by atoms with E-state index in [1.165, 1.54) is 50.5 Å². The first-order valence-electron chi connectivity index (χ1n) is 9.74. The van der Waals surface area contributed by atoms with Gasteiger partial charge in [0.15, 0.2) is 5.78 Å². The molecule has 1 aromatic rings. The molecule has 1 aliphatic carbocycles. The van der Waals surface area contributed by atoms with Crippen molar-refractivity contribution in [2.45, 2.75) is 76.4 Å². The Labute approximate surface area is 145 Å². The minimum atomic E-state index is -0.517. The minimum Gasteiger partial charge on any atom is -0.391 e. The van der Waals surface area contributed by atoms with Crippen LogP contribution in [0.25, 0.3) is 0 Å². The summed E-state index contributed by atoms with van der Waals surface area (Å²) in [6.45, 7) is 0.734. The monoisotopic (exact) mass is 329 g/mol. The third kappa shape index (κ3) is 4.90. The molecular weight excluding hydrogens is 298 g/mol. The molecule has 0 amide bonds. The van der Waals surface area contributed by atoms with Crippen molar-refractivity contribution in [1.82, 2.24) is 5.32 Å². The molecule has 0 bridgehead atoms. The van der Waals surface area contributed by atoms with Gasteiger partial charge in [-0.25, -0.2) is 0 Å². The fraction of sp³-hybridized carbons (Fsp3) is 0.667. The van der Waals surface area contributed by atoms with Gasteiger partial charge in [-0.2, -0.15) is 0 Å². The summed E-state index contributed by atoms with van der Waals surface area (Å²) < 4.78 is 0. The van der Waals surface area contributed by atoms with Crippen molar-refractivity contribution in [2.24, 2.45) is 5.92 Å². The van der Waals surface area contributed by atoms with Crippen LogP contribution >= 0.6 is 0 Å². The molecule has 0 radical (unpaired) electrons. The van der Waals surface area contributed by atoms with E-state index in [1.807, 2.05) is 0 Å². The highest BCUT2D eigenvalue weighted by molar-refractivity contribution is 5.87. The topological polar surface area (TPSA) is 49.3 Å². The Morgan fingerprint density at radius 2 is 1.75 bits per heavy atom. The van der Waals surface area contributed by atoms with Crippen molar-refractivity contribution in [1.29, 1.82) is 0 Å². The first-order chi connectivity index (χ1) is 11.7. The largest absolute Gasteiger partial charge is 0.391 e. The van der Waals surface area contributed by atoms with E-state index in [2.05, 4.69) is 29.6 Å². The number of ketones is 1. The second kappa shape index (κ2) is 8.77. The van der Waals surface area contributed by atoms with Crippen LogP contribution in [0.15, 0.2) is 24.3 Å². The molecule has 1 aromatic carbocycles. The molecule has 0 aromatic heterocycles. The number of aryl methyl sites for hydroxylation is 1. The lowest BCUT2D eigenvalue weighted by Gasteiger charge is -2.21. The Hall–Kier alpha value is -1.19. The zero-order valence-electron chi connectivity index (χ0n) is 14.7. The summed E-state index contributed by atoms with van der Waals surface area (Å²) in [6, 6.07) is 8.12. The van der Waals surface area contributed by atoms with Gasteiger partial charge in [-0.3, -0.25) is 4.79 Å². The Bertz CT molecular complexity index is 519. The van der Waals surface area contributed by atoms with Gasteiger partial charge in [-0.15, -0.1) is 0 Å². The van der Waals surface area contributed by atoms with Crippen LogP contribution in [0.4, 0.5) is 0 Å². The van der Waals surface area contributed by atoms with Gasteiger partial charge in [0.1, 0.15) is 0 Å². The number of carbonyl (C=O) groups excluding carboxylic acids is 1. The van der Waals surface area contributed by atoms with Gasteiger partial charge in [-0.05, 0) is 42.9 Å². The average molecular weight is 329 g/mol. The van der Waals surface area contributed by atoms with Crippen molar-refractivity contribution in [2.75, 3.05) is 6.54 Å². The lowest BCUT2D eigenvalue weighted by molar-refractivity contribution is -0.122. The van der Waals surface area contributed by atoms with E-state index in [0.717, 1.165) is 24.4 Å². The zero-order valence-corrected chi connectivity index (χ0v) is 14.7. The molecule has 2 fully saturated rings. The third-order valence-corrected chi connectivity index (χ3v) is 5.74. The maximum Gasteiger partial charge on any atom is 0.156 e. The molecule has 1 aliphatic heterocycles. The Kier molecular flexibility index (Phi) is 6.44. The zero-order chi connectivity index (χ0) is 16.8. The van der Waals surface area contributed by atoms with Crippen LogP contribution in [-0.2, 0) is 17.6 Å². The second-order valence-corrected chi connectivity index (χ2v) is 7.64. The molecule has 0 spiro atoms.